The number of benzene rings is 1. The first-order valence-electron chi connectivity index (χ1n) is 7.30. The zero-order chi connectivity index (χ0) is 15.4. The molecule has 2 rings (SSSR count). The second kappa shape index (κ2) is 6.72. The minimum atomic E-state index is -0.880. The first kappa shape index (κ1) is 15.5. The maximum absolute atomic E-state index is 11.9. The maximum Gasteiger partial charge on any atom is 0.335 e. The Morgan fingerprint density at radius 2 is 2.14 bits per heavy atom. The number of carbonyl (C=O) groups excluding carboxylic acids is 1. The van der Waals surface area contributed by atoms with Crippen LogP contribution in [0.2, 0.25) is 0 Å². The number of amides is 1. The normalized spacial score (nSPS) is 14.8. The monoisotopic (exact) mass is 290 g/mol. The Balaban J connectivity index is 1.98. The molecule has 5 nitrogen and oxygen atoms in total. The third-order valence-electron chi connectivity index (χ3n) is 3.65. The SMILES string of the molecule is CC(C)CNC(=O)CN1CCc2c(cccc2C(=O)O)C1. The molecule has 0 spiro atoms. The number of hydrogen-bond donors (Lipinski definition) is 2. The van der Waals surface area contributed by atoms with E-state index in [4.69, 9.17) is 0 Å². The first-order chi connectivity index (χ1) is 9.97. The van der Waals surface area contributed by atoms with E-state index in [1.807, 2.05) is 6.07 Å². The third kappa shape index (κ3) is 4.04. The van der Waals surface area contributed by atoms with Gasteiger partial charge in [-0.2, -0.15) is 0 Å². The third-order valence-corrected chi connectivity index (χ3v) is 3.65. The van der Waals surface area contributed by atoms with Gasteiger partial charge in [-0.15, -0.1) is 0 Å². The van der Waals surface area contributed by atoms with E-state index >= 15 is 0 Å². The van der Waals surface area contributed by atoms with Crippen LogP contribution >= 0.6 is 0 Å². The lowest BCUT2D eigenvalue weighted by Crippen LogP contribution is -2.41. The van der Waals surface area contributed by atoms with E-state index in [0.717, 1.165) is 11.1 Å². The average Bonchev–Trinajstić information content (AvgIpc) is 2.44. The van der Waals surface area contributed by atoms with Gasteiger partial charge in [0, 0.05) is 19.6 Å². The van der Waals surface area contributed by atoms with Crippen molar-refractivity contribution in [1.29, 1.82) is 0 Å². The van der Waals surface area contributed by atoms with Crippen LogP contribution in [0.3, 0.4) is 0 Å². The molecule has 0 atom stereocenters. The minimum Gasteiger partial charge on any atom is -0.478 e. The van der Waals surface area contributed by atoms with Gasteiger partial charge in [0.05, 0.1) is 12.1 Å². The fourth-order valence-corrected chi connectivity index (χ4v) is 2.58. The van der Waals surface area contributed by atoms with E-state index in [1.54, 1.807) is 12.1 Å². The van der Waals surface area contributed by atoms with E-state index in [1.165, 1.54) is 0 Å². The number of nitrogens with zero attached hydrogens (tertiary/aromatic N) is 1. The molecule has 1 aromatic carbocycles. The van der Waals surface area contributed by atoms with Crippen molar-refractivity contribution in [2.75, 3.05) is 19.6 Å². The highest BCUT2D eigenvalue weighted by atomic mass is 16.4. The van der Waals surface area contributed by atoms with Gasteiger partial charge in [-0.25, -0.2) is 4.79 Å². The molecule has 5 heteroatoms. The van der Waals surface area contributed by atoms with Crippen LogP contribution < -0.4 is 5.32 Å². The van der Waals surface area contributed by atoms with Crippen molar-refractivity contribution in [2.45, 2.75) is 26.8 Å². The van der Waals surface area contributed by atoms with Crippen molar-refractivity contribution >= 4 is 11.9 Å². The molecular weight excluding hydrogens is 268 g/mol. The van der Waals surface area contributed by atoms with Crippen LogP contribution in [0.15, 0.2) is 18.2 Å². The van der Waals surface area contributed by atoms with Gasteiger partial charge in [-0.3, -0.25) is 9.69 Å². The molecule has 0 radical (unpaired) electrons. The lowest BCUT2D eigenvalue weighted by atomic mass is 9.94. The van der Waals surface area contributed by atoms with Crippen LogP contribution in [0.5, 0.6) is 0 Å². The highest BCUT2D eigenvalue weighted by Crippen LogP contribution is 2.22. The molecule has 2 N–H and O–H groups in total. The summed E-state index contributed by atoms with van der Waals surface area (Å²) in [7, 11) is 0. The van der Waals surface area contributed by atoms with Crippen molar-refractivity contribution in [3.05, 3.63) is 34.9 Å². The summed E-state index contributed by atoms with van der Waals surface area (Å²) in [5, 5.41) is 12.1. The van der Waals surface area contributed by atoms with Crippen molar-refractivity contribution in [3.8, 4) is 0 Å². The van der Waals surface area contributed by atoms with Gasteiger partial charge in [0.15, 0.2) is 0 Å². The molecule has 1 aromatic rings. The molecule has 0 saturated carbocycles. The Morgan fingerprint density at radius 1 is 1.38 bits per heavy atom. The van der Waals surface area contributed by atoms with Gasteiger partial charge < -0.3 is 10.4 Å². The number of carboxylic acid groups (broad SMARTS) is 1. The second-order valence-corrected chi connectivity index (χ2v) is 5.91. The molecule has 0 aliphatic carbocycles. The van der Waals surface area contributed by atoms with Gasteiger partial charge in [-0.1, -0.05) is 26.0 Å². The van der Waals surface area contributed by atoms with Crippen LogP contribution in [0.1, 0.15) is 35.3 Å². The predicted octanol–water partition coefficient (Wildman–Crippen LogP) is 1.52. The van der Waals surface area contributed by atoms with Crippen molar-refractivity contribution in [1.82, 2.24) is 10.2 Å². The van der Waals surface area contributed by atoms with Crippen LogP contribution in [-0.2, 0) is 17.8 Å². The van der Waals surface area contributed by atoms with Crippen molar-refractivity contribution < 1.29 is 14.7 Å². The summed E-state index contributed by atoms with van der Waals surface area (Å²) >= 11 is 0. The highest BCUT2D eigenvalue weighted by Gasteiger charge is 2.22. The molecule has 0 aromatic heterocycles. The molecular formula is C16H22N2O3. The van der Waals surface area contributed by atoms with Crippen molar-refractivity contribution in [3.63, 3.8) is 0 Å². The Kier molecular flexibility index (Phi) is 4.96. The van der Waals surface area contributed by atoms with Crippen LogP contribution in [-0.4, -0.2) is 41.5 Å². The second-order valence-electron chi connectivity index (χ2n) is 5.91. The van der Waals surface area contributed by atoms with E-state index in [0.29, 0.717) is 44.1 Å². The summed E-state index contributed by atoms with van der Waals surface area (Å²) in [5.74, 6) is -0.411. The minimum absolute atomic E-state index is 0.0292. The van der Waals surface area contributed by atoms with Gasteiger partial charge in [-0.05, 0) is 29.5 Å². The summed E-state index contributed by atoms with van der Waals surface area (Å²) < 4.78 is 0. The van der Waals surface area contributed by atoms with Gasteiger partial charge >= 0.3 is 5.97 Å². The number of carboxylic acids is 1. The predicted molar refractivity (Wildman–Crippen MR) is 80.2 cm³/mol. The van der Waals surface area contributed by atoms with Crippen LogP contribution in [0.25, 0.3) is 0 Å². The lowest BCUT2D eigenvalue weighted by molar-refractivity contribution is -0.122. The molecule has 0 bridgehead atoms. The lowest BCUT2D eigenvalue weighted by Gasteiger charge is -2.29. The Labute approximate surface area is 125 Å². The molecule has 0 saturated heterocycles. The summed E-state index contributed by atoms with van der Waals surface area (Å²) in [6, 6.07) is 5.36. The maximum atomic E-state index is 11.9. The summed E-state index contributed by atoms with van der Waals surface area (Å²) in [6.07, 6.45) is 0.676. The molecule has 0 unspecified atom stereocenters. The number of rotatable bonds is 5. The van der Waals surface area contributed by atoms with Crippen LogP contribution in [0.4, 0.5) is 0 Å². The highest BCUT2D eigenvalue weighted by molar-refractivity contribution is 5.90. The smallest absolute Gasteiger partial charge is 0.335 e. The largest absolute Gasteiger partial charge is 0.478 e. The molecule has 1 amide bonds. The van der Waals surface area contributed by atoms with E-state index in [-0.39, 0.29) is 5.91 Å². The first-order valence-corrected chi connectivity index (χ1v) is 7.30. The zero-order valence-electron chi connectivity index (χ0n) is 12.6. The summed E-state index contributed by atoms with van der Waals surface area (Å²) in [4.78, 5) is 25.1. The molecule has 1 heterocycles. The standard InChI is InChI=1S/C16H22N2O3/c1-11(2)8-17-15(19)10-18-7-6-13-12(9-18)4-3-5-14(13)16(20)21/h3-5,11H,6-10H2,1-2H3,(H,17,19)(H,20,21). The van der Waals surface area contributed by atoms with E-state index < -0.39 is 5.97 Å². The van der Waals surface area contributed by atoms with Crippen LogP contribution in [0, 0.1) is 5.92 Å². The number of aromatic carboxylic acids is 1. The Hall–Kier alpha value is -1.88. The Morgan fingerprint density at radius 3 is 2.81 bits per heavy atom. The summed E-state index contributed by atoms with van der Waals surface area (Å²) in [6.45, 7) is 6.52. The molecule has 1 aliphatic rings. The van der Waals surface area contributed by atoms with Gasteiger partial charge in [0.2, 0.25) is 5.91 Å². The number of fused-ring (bicyclic) bond motifs is 1. The van der Waals surface area contributed by atoms with E-state index in [2.05, 4.69) is 24.1 Å². The quantitative estimate of drug-likeness (QED) is 0.862. The number of nitrogens with one attached hydrogen (secondary N) is 1. The molecule has 21 heavy (non-hydrogen) atoms. The van der Waals surface area contributed by atoms with E-state index in [9.17, 15) is 14.7 Å². The zero-order valence-corrected chi connectivity index (χ0v) is 12.6. The number of hydrogen-bond acceptors (Lipinski definition) is 3. The summed E-state index contributed by atoms with van der Waals surface area (Å²) in [5.41, 5.74) is 2.30. The van der Waals surface area contributed by atoms with Gasteiger partial charge in [0.1, 0.15) is 0 Å². The average molecular weight is 290 g/mol. The topological polar surface area (TPSA) is 69.6 Å². The fourth-order valence-electron chi connectivity index (χ4n) is 2.58. The Bertz CT molecular complexity index is 540. The fraction of sp³-hybridized carbons (Fsp3) is 0.500. The molecule has 1 aliphatic heterocycles. The van der Waals surface area contributed by atoms with Crippen molar-refractivity contribution in [2.24, 2.45) is 5.92 Å². The molecule has 114 valence electrons. The molecule has 0 fully saturated rings. The van der Waals surface area contributed by atoms with Gasteiger partial charge in [0.25, 0.3) is 0 Å². The number of carbonyl (C=O) groups is 2.